The number of hydrogen-bond acceptors (Lipinski definition) is 6. The predicted octanol–water partition coefficient (Wildman–Crippen LogP) is 3.37. The van der Waals surface area contributed by atoms with Gasteiger partial charge in [0.15, 0.2) is 5.76 Å². The SMILES string of the molecule is CC(C)Nc1ccnc(N)c1C(=N)c1noc(C2CC2)c1I. The van der Waals surface area contributed by atoms with Gasteiger partial charge in [0, 0.05) is 23.8 Å². The zero-order valence-electron chi connectivity index (χ0n) is 12.5. The average molecular weight is 411 g/mol. The fourth-order valence-electron chi connectivity index (χ4n) is 2.34. The first-order valence-electron chi connectivity index (χ1n) is 7.24. The molecule has 0 saturated heterocycles. The molecule has 0 aromatic carbocycles. The normalized spacial score (nSPS) is 14.4. The summed E-state index contributed by atoms with van der Waals surface area (Å²) in [4.78, 5) is 4.11. The molecule has 1 fully saturated rings. The summed E-state index contributed by atoms with van der Waals surface area (Å²) >= 11 is 2.20. The van der Waals surface area contributed by atoms with E-state index >= 15 is 0 Å². The molecule has 2 aromatic heterocycles. The average Bonchev–Trinajstić information content (AvgIpc) is 3.21. The van der Waals surface area contributed by atoms with E-state index in [0.29, 0.717) is 23.0 Å². The third-order valence-corrected chi connectivity index (χ3v) is 4.56. The molecule has 0 bridgehead atoms. The lowest BCUT2D eigenvalue weighted by Crippen LogP contribution is -2.17. The van der Waals surface area contributed by atoms with Crippen LogP contribution < -0.4 is 11.1 Å². The first kappa shape index (κ1) is 15.3. The zero-order valence-corrected chi connectivity index (χ0v) is 14.6. The lowest BCUT2D eigenvalue weighted by molar-refractivity contribution is 0.382. The second-order valence-electron chi connectivity index (χ2n) is 5.78. The first-order valence-corrected chi connectivity index (χ1v) is 8.32. The Labute approximate surface area is 142 Å². The van der Waals surface area contributed by atoms with Crippen LogP contribution in [-0.4, -0.2) is 21.9 Å². The van der Waals surface area contributed by atoms with Crippen LogP contribution in [0.15, 0.2) is 16.8 Å². The molecule has 22 heavy (non-hydrogen) atoms. The van der Waals surface area contributed by atoms with Crippen molar-refractivity contribution >= 4 is 39.8 Å². The summed E-state index contributed by atoms with van der Waals surface area (Å²) in [5.41, 5.74) is 8.16. The van der Waals surface area contributed by atoms with E-state index in [1.807, 2.05) is 19.9 Å². The second kappa shape index (κ2) is 5.86. The Morgan fingerprint density at radius 2 is 2.23 bits per heavy atom. The number of nitrogens with two attached hydrogens (primary N) is 1. The van der Waals surface area contributed by atoms with Crippen LogP contribution in [0.2, 0.25) is 0 Å². The van der Waals surface area contributed by atoms with Gasteiger partial charge in [-0.15, -0.1) is 0 Å². The minimum absolute atomic E-state index is 0.228. The molecule has 0 radical (unpaired) electrons. The van der Waals surface area contributed by atoms with Crippen molar-refractivity contribution in [1.29, 1.82) is 5.41 Å². The minimum atomic E-state index is 0.228. The molecule has 2 heterocycles. The molecule has 0 aliphatic heterocycles. The van der Waals surface area contributed by atoms with Gasteiger partial charge in [-0.1, -0.05) is 5.16 Å². The van der Waals surface area contributed by atoms with Crippen molar-refractivity contribution in [1.82, 2.24) is 10.1 Å². The lowest BCUT2D eigenvalue weighted by Gasteiger charge is -2.15. The summed E-state index contributed by atoms with van der Waals surface area (Å²) in [6, 6.07) is 2.06. The van der Waals surface area contributed by atoms with Crippen LogP contribution in [0.1, 0.15) is 49.6 Å². The van der Waals surface area contributed by atoms with Gasteiger partial charge in [0.1, 0.15) is 11.5 Å². The van der Waals surface area contributed by atoms with E-state index in [2.05, 4.69) is 38.0 Å². The standard InChI is InChI=1S/C15H18IN5O/c1-7(2)20-9-5-6-19-15(18)10(9)12(17)13-11(16)14(22-21-13)8-3-4-8/h5-8,17H,3-4H2,1-2H3,(H3,18,19,20). The van der Waals surface area contributed by atoms with Crippen molar-refractivity contribution in [2.45, 2.75) is 38.6 Å². The number of hydrogen-bond donors (Lipinski definition) is 3. The van der Waals surface area contributed by atoms with Crippen molar-refractivity contribution < 1.29 is 4.52 Å². The van der Waals surface area contributed by atoms with E-state index in [1.165, 1.54) is 0 Å². The molecular weight excluding hydrogens is 393 g/mol. The highest BCUT2D eigenvalue weighted by Crippen LogP contribution is 2.43. The van der Waals surface area contributed by atoms with Crippen molar-refractivity contribution in [3.8, 4) is 0 Å². The molecule has 0 atom stereocenters. The smallest absolute Gasteiger partial charge is 0.153 e. The summed E-state index contributed by atoms with van der Waals surface area (Å²) < 4.78 is 6.35. The summed E-state index contributed by atoms with van der Waals surface area (Å²) in [6.45, 7) is 4.07. The maximum Gasteiger partial charge on any atom is 0.153 e. The van der Waals surface area contributed by atoms with Crippen LogP contribution in [0, 0.1) is 8.98 Å². The van der Waals surface area contributed by atoms with Gasteiger partial charge in [-0.3, -0.25) is 5.41 Å². The summed E-state index contributed by atoms with van der Waals surface area (Å²) in [5, 5.41) is 15.9. The molecule has 6 nitrogen and oxygen atoms in total. The summed E-state index contributed by atoms with van der Waals surface area (Å²) in [6.07, 6.45) is 3.90. The third kappa shape index (κ3) is 2.81. The number of nitrogens with zero attached hydrogens (tertiary/aromatic N) is 2. The predicted molar refractivity (Wildman–Crippen MR) is 94.5 cm³/mol. The Kier molecular flexibility index (Phi) is 4.07. The number of rotatable bonds is 5. The second-order valence-corrected chi connectivity index (χ2v) is 6.86. The number of nitrogens with one attached hydrogen (secondary N) is 2. The van der Waals surface area contributed by atoms with Crippen LogP contribution in [-0.2, 0) is 0 Å². The number of aromatic nitrogens is 2. The molecule has 0 unspecified atom stereocenters. The van der Waals surface area contributed by atoms with Crippen LogP contribution in [0.25, 0.3) is 0 Å². The number of pyridine rings is 1. The molecule has 2 aromatic rings. The van der Waals surface area contributed by atoms with Gasteiger partial charge in [-0.05, 0) is 55.3 Å². The molecule has 0 spiro atoms. The van der Waals surface area contributed by atoms with Crippen molar-refractivity contribution in [2.24, 2.45) is 0 Å². The Hall–Kier alpha value is -1.64. The van der Waals surface area contributed by atoms with Gasteiger partial charge < -0.3 is 15.6 Å². The monoisotopic (exact) mass is 411 g/mol. The fraction of sp³-hybridized carbons (Fsp3) is 0.400. The minimum Gasteiger partial charge on any atom is -0.383 e. The Morgan fingerprint density at radius 3 is 2.86 bits per heavy atom. The van der Waals surface area contributed by atoms with Gasteiger partial charge in [-0.2, -0.15) is 0 Å². The van der Waals surface area contributed by atoms with Crippen molar-refractivity contribution in [3.05, 3.63) is 32.9 Å². The summed E-state index contributed by atoms with van der Waals surface area (Å²) in [7, 11) is 0. The third-order valence-electron chi connectivity index (χ3n) is 3.52. The number of halogens is 1. The largest absolute Gasteiger partial charge is 0.383 e. The summed E-state index contributed by atoms with van der Waals surface area (Å²) in [5.74, 6) is 1.67. The van der Waals surface area contributed by atoms with Crippen molar-refractivity contribution in [2.75, 3.05) is 11.1 Å². The maximum atomic E-state index is 8.52. The molecule has 116 valence electrons. The highest BCUT2D eigenvalue weighted by molar-refractivity contribution is 14.1. The van der Waals surface area contributed by atoms with Crippen LogP contribution in [0.4, 0.5) is 11.5 Å². The number of anilines is 2. The molecule has 1 aliphatic rings. The Balaban J connectivity index is 2.01. The quantitative estimate of drug-likeness (QED) is 0.518. The van der Waals surface area contributed by atoms with E-state index < -0.39 is 0 Å². The number of nitrogen functional groups attached to an aromatic ring is 1. The lowest BCUT2D eigenvalue weighted by atomic mass is 10.1. The van der Waals surface area contributed by atoms with E-state index in [9.17, 15) is 0 Å². The van der Waals surface area contributed by atoms with Gasteiger partial charge in [0.05, 0.1) is 14.8 Å². The van der Waals surface area contributed by atoms with Gasteiger partial charge in [-0.25, -0.2) is 4.98 Å². The molecule has 1 aliphatic carbocycles. The molecule has 1 saturated carbocycles. The van der Waals surface area contributed by atoms with Crippen LogP contribution in [0.5, 0.6) is 0 Å². The van der Waals surface area contributed by atoms with E-state index in [0.717, 1.165) is 27.9 Å². The van der Waals surface area contributed by atoms with E-state index in [4.69, 9.17) is 15.7 Å². The van der Waals surface area contributed by atoms with Gasteiger partial charge in [0.2, 0.25) is 0 Å². The first-order chi connectivity index (χ1) is 10.5. The fourth-order valence-corrected chi connectivity index (χ4v) is 3.24. The Bertz CT molecular complexity index is 721. The van der Waals surface area contributed by atoms with Gasteiger partial charge >= 0.3 is 0 Å². The zero-order chi connectivity index (χ0) is 15.9. The highest BCUT2D eigenvalue weighted by Gasteiger charge is 2.33. The topological polar surface area (TPSA) is 101 Å². The van der Waals surface area contributed by atoms with Crippen molar-refractivity contribution in [3.63, 3.8) is 0 Å². The maximum absolute atomic E-state index is 8.52. The molecule has 0 amide bonds. The Morgan fingerprint density at radius 1 is 1.50 bits per heavy atom. The highest BCUT2D eigenvalue weighted by atomic mass is 127. The molecule has 7 heteroatoms. The van der Waals surface area contributed by atoms with E-state index in [-0.39, 0.29) is 11.8 Å². The molecular formula is C15H18IN5O. The van der Waals surface area contributed by atoms with Gasteiger partial charge in [0.25, 0.3) is 0 Å². The van der Waals surface area contributed by atoms with Crippen LogP contribution in [0.3, 0.4) is 0 Å². The van der Waals surface area contributed by atoms with E-state index in [1.54, 1.807) is 6.20 Å². The molecule has 3 rings (SSSR count). The van der Waals surface area contributed by atoms with Crippen LogP contribution >= 0.6 is 22.6 Å². The molecule has 4 N–H and O–H groups in total.